The number of hydrogen-bond donors (Lipinski definition) is 1. The molecule has 0 unspecified atom stereocenters. The molecule has 6 nitrogen and oxygen atoms in total. The monoisotopic (exact) mass is 336 g/mol. The Balaban J connectivity index is 1.75. The quantitative estimate of drug-likeness (QED) is 0.798. The molecule has 128 valence electrons. The zero-order chi connectivity index (χ0) is 17.1. The van der Waals surface area contributed by atoms with Gasteiger partial charge in [-0.1, -0.05) is 18.2 Å². The Labute approximate surface area is 146 Å². The highest BCUT2D eigenvalue weighted by atomic mass is 16.3. The molecule has 0 aliphatic carbocycles. The lowest BCUT2D eigenvalue weighted by atomic mass is 10.2. The van der Waals surface area contributed by atoms with E-state index in [1.54, 1.807) is 10.9 Å². The first-order valence-corrected chi connectivity index (χ1v) is 8.52. The molecule has 1 aliphatic rings. The normalized spacial score (nSPS) is 15.1. The molecular formula is C19H20N4O2. The van der Waals surface area contributed by atoms with Gasteiger partial charge in [0.2, 0.25) is 0 Å². The molecule has 1 fully saturated rings. The van der Waals surface area contributed by atoms with Crippen molar-refractivity contribution in [2.45, 2.75) is 6.42 Å². The van der Waals surface area contributed by atoms with Gasteiger partial charge in [0.05, 0.1) is 12.0 Å². The third-order valence-electron chi connectivity index (χ3n) is 4.33. The molecule has 1 amide bonds. The number of nitrogens with one attached hydrogen (secondary N) is 1. The number of rotatable bonds is 3. The Morgan fingerprint density at radius 3 is 2.76 bits per heavy atom. The van der Waals surface area contributed by atoms with Crippen molar-refractivity contribution in [2.24, 2.45) is 0 Å². The van der Waals surface area contributed by atoms with Crippen LogP contribution >= 0.6 is 0 Å². The molecule has 1 N–H and O–H groups in total. The number of para-hydroxylation sites is 1. The Hall–Kier alpha value is -2.86. The summed E-state index contributed by atoms with van der Waals surface area (Å²) in [5, 5.41) is 7.95. The number of benzene rings is 1. The van der Waals surface area contributed by atoms with Gasteiger partial charge >= 0.3 is 0 Å². The van der Waals surface area contributed by atoms with Crippen molar-refractivity contribution < 1.29 is 9.21 Å². The summed E-state index contributed by atoms with van der Waals surface area (Å²) in [6.45, 7) is 3.21. The minimum Gasteiger partial charge on any atom is -0.463 e. The fourth-order valence-electron chi connectivity index (χ4n) is 3.06. The van der Waals surface area contributed by atoms with E-state index in [9.17, 15) is 4.79 Å². The lowest BCUT2D eigenvalue weighted by Gasteiger charge is -2.20. The van der Waals surface area contributed by atoms with Crippen LogP contribution < -0.4 is 5.32 Å². The standard InChI is InChI=1S/C19H20N4O2/c24-19(22-11-5-9-20-10-12-22)17-14-16(18-8-4-13-25-18)21-23(17)15-6-2-1-3-7-15/h1-4,6-8,13-14,20H,5,9-12H2. The second-order valence-corrected chi connectivity index (χ2v) is 6.04. The highest BCUT2D eigenvalue weighted by Gasteiger charge is 2.24. The number of furan rings is 1. The Morgan fingerprint density at radius 1 is 1.08 bits per heavy atom. The molecule has 6 heteroatoms. The largest absolute Gasteiger partial charge is 0.463 e. The van der Waals surface area contributed by atoms with Crippen molar-refractivity contribution in [3.8, 4) is 17.1 Å². The van der Waals surface area contributed by atoms with Crippen molar-refractivity contribution >= 4 is 5.91 Å². The van der Waals surface area contributed by atoms with Gasteiger partial charge in [-0.05, 0) is 37.2 Å². The van der Waals surface area contributed by atoms with Crippen LogP contribution in [0, 0.1) is 0 Å². The topological polar surface area (TPSA) is 63.3 Å². The van der Waals surface area contributed by atoms with Gasteiger partial charge in [-0.2, -0.15) is 5.10 Å². The predicted octanol–water partition coefficient (Wildman–Crippen LogP) is 2.57. The predicted molar refractivity (Wildman–Crippen MR) is 94.7 cm³/mol. The van der Waals surface area contributed by atoms with Gasteiger partial charge in [-0.25, -0.2) is 4.68 Å². The molecule has 1 aromatic carbocycles. The van der Waals surface area contributed by atoms with Crippen LogP contribution in [0.5, 0.6) is 0 Å². The van der Waals surface area contributed by atoms with Crippen molar-refractivity contribution in [1.82, 2.24) is 20.0 Å². The first kappa shape index (κ1) is 15.7. The minimum atomic E-state index is -0.00198. The maximum absolute atomic E-state index is 13.1. The first-order valence-electron chi connectivity index (χ1n) is 8.52. The Morgan fingerprint density at radius 2 is 1.96 bits per heavy atom. The number of hydrogen-bond acceptors (Lipinski definition) is 4. The van der Waals surface area contributed by atoms with Crippen molar-refractivity contribution in [3.05, 3.63) is 60.5 Å². The van der Waals surface area contributed by atoms with E-state index in [1.165, 1.54) is 0 Å². The van der Waals surface area contributed by atoms with E-state index in [0.717, 1.165) is 31.7 Å². The molecule has 1 saturated heterocycles. The zero-order valence-corrected chi connectivity index (χ0v) is 13.9. The highest BCUT2D eigenvalue weighted by Crippen LogP contribution is 2.23. The van der Waals surface area contributed by atoms with E-state index >= 15 is 0 Å². The van der Waals surface area contributed by atoms with Gasteiger partial charge in [-0.3, -0.25) is 4.79 Å². The number of carbonyl (C=O) groups is 1. The van der Waals surface area contributed by atoms with E-state index in [4.69, 9.17) is 4.42 Å². The van der Waals surface area contributed by atoms with Crippen molar-refractivity contribution in [2.75, 3.05) is 26.2 Å². The van der Waals surface area contributed by atoms with Gasteiger partial charge in [0.25, 0.3) is 5.91 Å². The fourth-order valence-corrected chi connectivity index (χ4v) is 3.06. The Kier molecular flexibility index (Phi) is 4.35. The van der Waals surface area contributed by atoms with Crippen LogP contribution in [-0.4, -0.2) is 46.8 Å². The van der Waals surface area contributed by atoms with Crippen LogP contribution in [0.1, 0.15) is 16.9 Å². The summed E-state index contributed by atoms with van der Waals surface area (Å²) in [5.74, 6) is 0.652. The van der Waals surface area contributed by atoms with Crippen LogP contribution in [0.25, 0.3) is 17.1 Å². The summed E-state index contributed by atoms with van der Waals surface area (Å²) >= 11 is 0. The summed E-state index contributed by atoms with van der Waals surface area (Å²) in [6, 6.07) is 15.2. The average molecular weight is 336 g/mol. The van der Waals surface area contributed by atoms with E-state index in [2.05, 4.69) is 10.4 Å². The first-order chi connectivity index (χ1) is 12.3. The lowest BCUT2D eigenvalue weighted by molar-refractivity contribution is 0.0757. The molecule has 0 bridgehead atoms. The van der Waals surface area contributed by atoms with Crippen molar-refractivity contribution in [3.63, 3.8) is 0 Å². The third-order valence-corrected chi connectivity index (χ3v) is 4.33. The number of aromatic nitrogens is 2. The molecule has 25 heavy (non-hydrogen) atoms. The van der Waals surface area contributed by atoms with E-state index in [-0.39, 0.29) is 5.91 Å². The van der Waals surface area contributed by atoms with E-state index < -0.39 is 0 Å². The van der Waals surface area contributed by atoms with Gasteiger partial charge in [0.1, 0.15) is 11.4 Å². The van der Waals surface area contributed by atoms with Gasteiger partial charge in [-0.15, -0.1) is 0 Å². The molecule has 2 aromatic heterocycles. The smallest absolute Gasteiger partial charge is 0.272 e. The van der Waals surface area contributed by atoms with Gasteiger partial charge in [0.15, 0.2) is 5.76 Å². The molecule has 3 heterocycles. The molecular weight excluding hydrogens is 316 g/mol. The lowest BCUT2D eigenvalue weighted by Crippen LogP contribution is -2.35. The molecule has 1 aliphatic heterocycles. The maximum atomic E-state index is 13.1. The summed E-state index contributed by atoms with van der Waals surface area (Å²) in [6.07, 6.45) is 2.56. The second kappa shape index (κ2) is 6.94. The van der Waals surface area contributed by atoms with Crippen LogP contribution in [-0.2, 0) is 0 Å². The minimum absolute atomic E-state index is 0.00198. The SMILES string of the molecule is O=C(c1cc(-c2ccco2)nn1-c1ccccc1)N1CCCNCC1. The fraction of sp³-hybridized carbons (Fsp3) is 0.263. The molecule has 0 atom stereocenters. The molecule has 4 rings (SSSR count). The summed E-state index contributed by atoms with van der Waals surface area (Å²) in [5.41, 5.74) is 2.07. The van der Waals surface area contributed by atoms with Gasteiger partial charge < -0.3 is 14.6 Å². The molecule has 3 aromatic rings. The van der Waals surface area contributed by atoms with Crippen molar-refractivity contribution in [1.29, 1.82) is 0 Å². The van der Waals surface area contributed by atoms with Crippen LogP contribution in [0.4, 0.5) is 0 Å². The van der Waals surface area contributed by atoms with E-state index in [0.29, 0.717) is 23.7 Å². The van der Waals surface area contributed by atoms with Gasteiger partial charge in [0, 0.05) is 25.7 Å². The van der Waals surface area contributed by atoms with Crippen LogP contribution in [0.2, 0.25) is 0 Å². The molecule has 0 spiro atoms. The third kappa shape index (κ3) is 3.21. The maximum Gasteiger partial charge on any atom is 0.272 e. The zero-order valence-electron chi connectivity index (χ0n) is 13.9. The number of amides is 1. The Bertz CT molecular complexity index is 832. The number of carbonyl (C=O) groups excluding carboxylic acids is 1. The highest BCUT2D eigenvalue weighted by molar-refractivity contribution is 5.94. The van der Waals surface area contributed by atoms with Crippen LogP contribution in [0.3, 0.4) is 0 Å². The molecule has 0 saturated carbocycles. The molecule has 0 radical (unpaired) electrons. The summed E-state index contributed by atoms with van der Waals surface area (Å²) in [4.78, 5) is 15.0. The van der Waals surface area contributed by atoms with Crippen LogP contribution in [0.15, 0.2) is 59.2 Å². The van der Waals surface area contributed by atoms with E-state index in [1.807, 2.05) is 53.4 Å². The summed E-state index contributed by atoms with van der Waals surface area (Å²) in [7, 11) is 0. The number of nitrogens with zero attached hydrogens (tertiary/aromatic N) is 3. The average Bonchev–Trinajstić information content (AvgIpc) is 3.26. The summed E-state index contributed by atoms with van der Waals surface area (Å²) < 4.78 is 7.17. The second-order valence-electron chi connectivity index (χ2n) is 6.04.